The first-order valence-electron chi connectivity index (χ1n) is 7.71. The van der Waals surface area contributed by atoms with Crippen LogP contribution in [0.2, 0.25) is 0 Å². The lowest BCUT2D eigenvalue weighted by molar-refractivity contribution is 0.240. The highest BCUT2D eigenvalue weighted by Crippen LogP contribution is 2.21. The SMILES string of the molecule is CCCC(CCC)NCCN(C)C1CCCC1. The molecule has 0 radical (unpaired) electrons. The van der Waals surface area contributed by atoms with Crippen LogP contribution in [0.3, 0.4) is 0 Å². The van der Waals surface area contributed by atoms with Gasteiger partial charge in [0.25, 0.3) is 0 Å². The number of likely N-dealkylation sites (N-methyl/N-ethyl adjacent to an activating group) is 1. The van der Waals surface area contributed by atoms with E-state index in [1.165, 1.54) is 57.9 Å². The van der Waals surface area contributed by atoms with E-state index in [1.54, 1.807) is 0 Å². The van der Waals surface area contributed by atoms with Crippen molar-refractivity contribution >= 4 is 0 Å². The van der Waals surface area contributed by atoms with E-state index in [2.05, 4.69) is 31.1 Å². The van der Waals surface area contributed by atoms with Gasteiger partial charge in [0.1, 0.15) is 0 Å². The Morgan fingerprint density at radius 3 is 2.24 bits per heavy atom. The molecule has 0 aromatic rings. The molecule has 2 nitrogen and oxygen atoms in total. The second kappa shape index (κ2) is 8.93. The Bertz CT molecular complexity index is 168. The normalized spacial score (nSPS) is 17.5. The third kappa shape index (κ3) is 5.87. The van der Waals surface area contributed by atoms with Crippen LogP contribution in [0.5, 0.6) is 0 Å². The maximum atomic E-state index is 3.73. The Balaban J connectivity index is 2.11. The molecule has 0 bridgehead atoms. The second-order valence-electron chi connectivity index (χ2n) is 5.65. The Hall–Kier alpha value is -0.0800. The first-order valence-corrected chi connectivity index (χ1v) is 7.71. The van der Waals surface area contributed by atoms with Gasteiger partial charge in [-0.15, -0.1) is 0 Å². The molecule has 17 heavy (non-hydrogen) atoms. The minimum atomic E-state index is 0.752. The molecule has 102 valence electrons. The van der Waals surface area contributed by atoms with Crippen LogP contribution in [-0.2, 0) is 0 Å². The van der Waals surface area contributed by atoms with E-state index in [1.807, 2.05) is 0 Å². The lowest BCUT2D eigenvalue weighted by Crippen LogP contribution is -2.39. The largest absolute Gasteiger partial charge is 0.313 e. The van der Waals surface area contributed by atoms with Crippen molar-refractivity contribution < 1.29 is 0 Å². The van der Waals surface area contributed by atoms with E-state index in [0.29, 0.717) is 0 Å². The van der Waals surface area contributed by atoms with E-state index in [-0.39, 0.29) is 0 Å². The molecule has 0 atom stereocenters. The number of nitrogens with zero attached hydrogens (tertiary/aromatic N) is 1. The van der Waals surface area contributed by atoms with E-state index >= 15 is 0 Å². The van der Waals surface area contributed by atoms with Gasteiger partial charge in [-0.2, -0.15) is 0 Å². The van der Waals surface area contributed by atoms with Gasteiger partial charge >= 0.3 is 0 Å². The summed E-state index contributed by atoms with van der Waals surface area (Å²) in [5.74, 6) is 0. The highest BCUT2D eigenvalue weighted by Gasteiger charge is 2.18. The summed E-state index contributed by atoms with van der Waals surface area (Å²) in [6.07, 6.45) is 11.0. The summed E-state index contributed by atoms with van der Waals surface area (Å²) in [4.78, 5) is 2.56. The van der Waals surface area contributed by atoms with Crippen molar-refractivity contribution in [1.82, 2.24) is 10.2 Å². The Labute approximate surface area is 108 Å². The first kappa shape index (κ1) is 15.0. The van der Waals surface area contributed by atoms with Crippen LogP contribution < -0.4 is 5.32 Å². The molecule has 0 saturated heterocycles. The lowest BCUT2D eigenvalue weighted by atomic mass is 10.1. The van der Waals surface area contributed by atoms with Crippen LogP contribution in [0.15, 0.2) is 0 Å². The van der Waals surface area contributed by atoms with Crippen LogP contribution in [0, 0.1) is 0 Å². The smallest absolute Gasteiger partial charge is 0.0107 e. The summed E-state index contributed by atoms with van der Waals surface area (Å²) in [5.41, 5.74) is 0. The van der Waals surface area contributed by atoms with E-state index in [0.717, 1.165) is 18.6 Å². The van der Waals surface area contributed by atoms with Gasteiger partial charge in [-0.3, -0.25) is 0 Å². The molecule has 1 N–H and O–H groups in total. The molecule has 0 aromatic heterocycles. The number of rotatable bonds is 9. The molecule has 0 aliphatic heterocycles. The highest BCUT2D eigenvalue weighted by molar-refractivity contribution is 4.76. The standard InChI is InChI=1S/C15H32N2/c1-4-8-14(9-5-2)16-12-13-17(3)15-10-6-7-11-15/h14-16H,4-13H2,1-3H3. The lowest BCUT2D eigenvalue weighted by Gasteiger charge is -2.25. The fourth-order valence-electron chi connectivity index (χ4n) is 3.02. The molecule has 1 aliphatic rings. The predicted octanol–water partition coefficient (Wildman–Crippen LogP) is 3.42. The Kier molecular flexibility index (Phi) is 7.87. The summed E-state index contributed by atoms with van der Waals surface area (Å²) in [5, 5.41) is 3.73. The number of nitrogens with one attached hydrogen (secondary N) is 1. The predicted molar refractivity (Wildman–Crippen MR) is 76.5 cm³/mol. The topological polar surface area (TPSA) is 15.3 Å². The van der Waals surface area contributed by atoms with Gasteiger partial charge in [0, 0.05) is 25.2 Å². The van der Waals surface area contributed by atoms with Gasteiger partial charge in [0.2, 0.25) is 0 Å². The molecule has 1 aliphatic carbocycles. The maximum Gasteiger partial charge on any atom is 0.0107 e. The third-order valence-electron chi connectivity index (χ3n) is 4.12. The zero-order valence-corrected chi connectivity index (χ0v) is 12.2. The Morgan fingerprint density at radius 1 is 1.12 bits per heavy atom. The molecule has 0 amide bonds. The van der Waals surface area contributed by atoms with E-state index in [4.69, 9.17) is 0 Å². The van der Waals surface area contributed by atoms with Crippen LogP contribution >= 0.6 is 0 Å². The Morgan fingerprint density at radius 2 is 1.71 bits per heavy atom. The molecule has 0 heterocycles. The zero-order valence-electron chi connectivity index (χ0n) is 12.2. The summed E-state index contributed by atoms with van der Waals surface area (Å²) in [7, 11) is 2.30. The maximum absolute atomic E-state index is 3.73. The molecule has 0 aromatic carbocycles. The summed E-state index contributed by atoms with van der Waals surface area (Å²) in [6.45, 7) is 6.95. The molecular weight excluding hydrogens is 208 g/mol. The van der Waals surface area contributed by atoms with Crippen molar-refractivity contribution in [3.05, 3.63) is 0 Å². The minimum Gasteiger partial charge on any atom is -0.313 e. The van der Waals surface area contributed by atoms with Gasteiger partial charge in [-0.05, 0) is 32.7 Å². The zero-order chi connectivity index (χ0) is 12.5. The fraction of sp³-hybridized carbons (Fsp3) is 1.00. The monoisotopic (exact) mass is 240 g/mol. The van der Waals surface area contributed by atoms with Crippen molar-refractivity contribution in [2.75, 3.05) is 20.1 Å². The summed E-state index contributed by atoms with van der Waals surface area (Å²) in [6, 6.07) is 1.62. The average molecular weight is 240 g/mol. The number of hydrogen-bond acceptors (Lipinski definition) is 2. The van der Waals surface area contributed by atoms with Crippen LogP contribution in [0.1, 0.15) is 65.2 Å². The van der Waals surface area contributed by atoms with Gasteiger partial charge in [-0.1, -0.05) is 39.5 Å². The van der Waals surface area contributed by atoms with Gasteiger partial charge in [-0.25, -0.2) is 0 Å². The minimum absolute atomic E-state index is 0.752. The quantitative estimate of drug-likeness (QED) is 0.664. The van der Waals surface area contributed by atoms with Crippen molar-refractivity contribution in [2.45, 2.75) is 77.3 Å². The van der Waals surface area contributed by atoms with E-state index in [9.17, 15) is 0 Å². The average Bonchev–Trinajstić information content (AvgIpc) is 2.83. The van der Waals surface area contributed by atoms with Gasteiger partial charge < -0.3 is 10.2 Å². The van der Waals surface area contributed by atoms with Gasteiger partial charge in [0.05, 0.1) is 0 Å². The molecule has 1 saturated carbocycles. The molecule has 2 heteroatoms. The van der Waals surface area contributed by atoms with Crippen molar-refractivity contribution in [3.8, 4) is 0 Å². The second-order valence-corrected chi connectivity index (χ2v) is 5.65. The van der Waals surface area contributed by atoms with Crippen molar-refractivity contribution in [2.24, 2.45) is 0 Å². The van der Waals surface area contributed by atoms with Crippen molar-refractivity contribution in [3.63, 3.8) is 0 Å². The fourth-order valence-corrected chi connectivity index (χ4v) is 3.02. The summed E-state index contributed by atoms with van der Waals surface area (Å²) < 4.78 is 0. The molecule has 1 fully saturated rings. The van der Waals surface area contributed by atoms with Crippen LogP contribution in [-0.4, -0.2) is 37.1 Å². The molecule has 1 rings (SSSR count). The van der Waals surface area contributed by atoms with Gasteiger partial charge in [0.15, 0.2) is 0 Å². The molecule has 0 unspecified atom stereocenters. The third-order valence-corrected chi connectivity index (χ3v) is 4.12. The van der Waals surface area contributed by atoms with E-state index < -0.39 is 0 Å². The highest BCUT2D eigenvalue weighted by atomic mass is 15.1. The molecular formula is C15H32N2. The summed E-state index contributed by atoms with van der Waals surface area (Å²) >= 11 is 0. The van der Waals surface area contributed by atoms with Crippen molar-refractivity contribution in [1.29, 1.82) is 0 Å². The van der Waals surface area contributed by atoms with Crippen LogP contribution in [0.25, 0.3) is 0 Å². The number of hydrogen-bond donors (Lipinski definition) is 1. The first-order chi connectivity index (χ1) is 8.27. The molecule has 0 spiro atoms. The van der Waals surface area contributed by atoms with Crippen LogP contribution in [0.4, 0.5) is 0 Å².